The van der Waals surface area contributed by atoms with Crippen LogP contribution >= 0.6 is 0 Å². The van der Waals surface area contributed by atoms with Gasteiger partial charge in [0.15, 0.2) is 11.0 Å². The molecule has 2 aromatic heterocycles. The van der Waals surface area contributed by atoms with Crippen LogP contribution in [0.3, 0.4) is 0 Å². The largest absolute Gasteiger partial charge is 0.494 e. The van der Waals surface area contributed by atoms with Gasteiger partial charge in [-0.1, -0.05) is 29.5 Å². The molecule has 2 N–H and O–H groups in total. The summed E-state index contributed by atoms with van der Waals surface area (Å²) in [5.41, 5.74) is 2.11. The average molecular weight is 362 g/mol. The third-order valence-corrected chi connectivity index (χ3v) is 4.18. The van der Waals surface area contributed by atoms with Gasteiger partial charge in [-0.05, 0) is 24.3 Å². The second kappa shape index (κ2) is 6.10. The van der Waals surface area contributed by atoms with Gasteiger partial charge < -0.3 is 5.11 Å². The van der Waals surface area contributed by atoms with Crippen LogP contribution in [0, 0.1) is 0 Å². The van der Waals surface area contributed by atoms with Crippen LogP contribution in [0.4, 0.5) is 13.2 Å². The first-order valence-corrected chi connectivity index (χ1v) is 7.97. The summed E-state index contributed by atoms with van der Waals surface area (Å²) >= 11 is 0. The third-order valence-electron chi connectivity index (χ3n) is 4.18. The number of benzene rings is 2. The topological polar surface area (TPSA) is 70.6 Å². The molecule has 134 valence electrons. The molecule has 0 spiro atoms. The van der Waals surface area contributed by atoms with E-state index >= 15 is 0 Å². The number of fused-ring (bicyclic) bond motifs is 2. The Labute approximate surface area is 145 Å². The van der Waals surface area contributed by atoms with Crippen LogP contribution in [0.1, 0.15) is 5.82 Å². The van der Waals surface area contributed by atoms with E-state index in [2.05, 4.69) is 15.3 Å². The van der Waals surface area contributed by atoms with E-state index in [0.29, 0.717) is 22.1 Å². The lowest BCUT2D eigenvalue weighted by Crippen LogP contribution is -2.46. The number of nitrogens with one attached hydrogen (secondary N) is 1. The molecule has 4 aromatic rings. The highest BCUT2D eigenvalue weighted by Gasteiger charge is 2.44. The molecule has 6 nitrogen and oxygen atoms in total. The Balaban J connectivity index is 1.66. The summed E-state index contributed by atoms with van der Waals surface area (Å²) in [7, 11) is 0. The monoisotopic (exact) mass is 362 g/mol. The Hall–Kier alpha value is -2.94. The van der Waals surface area contributed by atoms with Crippen molar-refractivity contribution in [2.45, 2.75) is 25.4 Å². The Morgan fingerprint density at radius 1 is 1.12 bits per heavy atom. The minimum absolute atomic E-state index is 0.0321. The first-order valence-electron chi connectivity index (χ1n) is 7.97. The van der Waals surface area contributed by atoms with Crippen molar-refractivity contribution in [1.29, 1.82) is 0 Å². The molecule has 0 saturated carbocycles. The van der Waals surface area contributed by atoms with Crippen molar-refractivity contribution in [2.24, 2.45) is 0 Å². The molecule has 0 amide bonds. The number of aromatic amines is 1. The number of halogens is 3. The molecule has 0 aliphatic heterocycles. The fourth-order valence-corrected chi connectivity index (χ4v) is 3.06. The van der Waals surface area contributed by atoms with Crippen LogP contribution in [-0.4, -0.2) is 31.2 Å². The predicted octanol–water partition coefficient (Wildman–Crippen LogP) is 2.28. The van der Waals surface area contributed by atoms with Crippen LogP contribution in [-0.2, 0) is 19.3 Å². The van der Waals surface area contributed by atoms with Gasteiger partial charge in [-0.25, -0.2) is 14.2 Å². The number of imidazole rings is 1. The average Bonchev–Trinajstić information content (AvgIpc) is 3.17. The lowest BCUT2D eigenvalue weighted by molar-refractivity contribution is -0.697. The fourth-order valence-electron chi connectivity index (χ4n) is 3.06. The number of hydrogen-bond acceptors (Lipinski definition) is 3. The standard InChI is InChI=1S/C17H14F3N5O/c18-17(19,20)16-21-12-5-1-3-7-14(12)24(16)9-11(26)10-25-15-8-4-2-6-13(15)22-23-25/h1-8,11,26H,9-10H2/p+1. The maximum Gasteiger partial charge on any atom is 0.494 e. The van der Waals surface area contributed by atoms with E-state index in [1.165, 1.54) is 4.68 Å². The minimum atomic E-state index is -4.56. The Bertz CT molecular complexity index is 1070. The Morgan fingerprint density at radius 3 is 2.65 bits per heavy atom. The molecule has 1 unspecified atom stereocenters. The molecular weight excluding hydrogens is 347 g/mol. The highest BCUT2D eigenvalue weighted by Crippen LogP contribution is 2.27. The summed E-state index contributed by atoms with van der Waals surface area (Å²) in [4.78, 5) is 2.39. The number of alkyl halides is 3. The predicted molar refractivity (Wildman–Crippen MR) is 87.0 cm³/mol. The van der Waals surface area contributed by atoms with Crippen molar-refractivity contribution in [2.75, 3.05) is 0 Å². The number of hydrogen-bond donors (Lipinski definition) is 2. The molecule has 0 aliphatic carbocycles. The molecule has 0 fully saturated rings. The summed E-state index contributed by atoms with van der Waals surface area (Å²) in [6.07, 6.45) is -5.64. The molecule has 2 heterocycles. The maximum atomic E-state index is 13.4. The highest BCUT2D eigenvalue weighted by molar-refractivity contribution is 5.73. The first-order chi connectivity index (χ1) is 12.4. The van der Waals surface area contributed by atoms with Gasteiger partial charge >= 0.3 is 12.0 Å². The van der Waals surface area contributed by atoms with Gasteiger partial charge in [-0.3, -0.25) is 0 Å². The zero-order valence-electron chi connectivity index (χ0n) is 13.5. The molecule has 0 radical (unpaired) electrons. The van der Waals surface area contributed by atoms with E-state index in [1.807, 2.05) is 12.1 Å². The SMILES string of the molecule is OC(Cn1nnc2ccccc21)C[n+]1c(C(F)(F)F)[nH]c2ccccc21. The molecule has 0 aliphatic rings. The van der Waals surface area contributed by atoms with E-state index in [0.717, 1.165) is 4.57 Å². The second-order valence-corrected chi connectivity index (χ2v) is 6.01. The molecule has 4 rings (SSSR count). The van der Waals surface area contributed by atoms with Gasteiger partial charge in [0.2, 0.25) is 0 Å². The third kappa shape index (κ3) is 2.90. The second-order valence-electron chi connectivity index (χ2n) is 6.01. The molecule has 0 bridgehead atoms. The van der Waals surface area contributed by atoms with Crippen molar-refractivity contribution >= 4 is 22.1 Å². The minimum Gasteiger partial charge on any atom is -0.387 e. The summed E-state index contributed by atoms with van der Waals surface area (Å²) in [5.74, 6) is -0.902. The van der Waals surface area contributed by atoms with Gasteiger partial charge in [0.25, 0.3) is 0 Å². The number of H-pyrrole nitrogens is 1. The number of aliphatic hydroxyl groups is 1. The van der Waals surface area contributed by atoms with E-state index in [9.17, 15) is 18.3 Å². The zero-order valence-corrected chi connectivity index (χ0v) is 13.5. The summed E-state index contributed by atoms with van der Waals surface area (Å²) in [6.45, 7) is -0.197. The normalized spacial score (nSPS) is 13.5. The summed E-state index contributed by atoms with van der Waals surface area (Å²) in [6, 6.07) is 13.7. The van der Waals surface area contributed by atoms with Crippen molar-refractivity contribution in [3.05, 3.63) is 54.4 Å². The van der Waals surface area contributed by atoms with Gasteiger partial charge in [-0.15, -0.1) is 5.10 Å². The van der Waals surface area contributed by atoms with Gasteiger partial charge in [0.1, 0.15) is 18.2 Å². The lowest BCUT2D eigenvalue weighted by Gasteiger charge is -2.11. The van der Waals surface area contributed by atoms with Crippen molar-refractivity contribution in [3.63, 3.8) is 0 Å². The van der Waals surface area contributed by atoms with Gasteiger partial charge in [0.05, 0.1) is 12.1 Å². The Morgan fingerprint density at radius 2 is 1.85 bits per heavy atom. The zero-order chi connectivity index (χ0) is 18.3. The number of nitrogens with zero attached hydrogens (tertiary/aromatic N) is 4. The van der Waals surface area contributed by atoms with E-state index < -0.39 is 18.1 Å². The van der Waals surface area contributed by atoms with Crippen molar-refractivity contribution < 1.29 is 22.8 Å². The van der Waals surface area contributed by atoms with E-state index in [1.54, 1.807) is 36.4 Å². The first kappa shape index (κ1) is 16.5. The summed E-state index contributed by atoms with van der Waals surface area (Å²) < 4.78 is 42.6. The number of para-hydroxylation sites is 3. The highest BCUT2D eigenvalue weighted by atomic mass is 19.4. The van der Waals surface area contributed by atoms with Crippen molar-refractivity contribution in [1.82, 2.24) is 20.0 Å². The molecule has 2 aromatic carbocycles. The number of aromatic nitrogens is 5. The van der Waals surface area contributed by atoms with Crippen LogP contribution in [0.2, 0.25) is 0 Å². The maximum absolute atomic E-state index is 13.4. The van der Waals surface area contributed by atoms with E-state index in [-0.39, 0.29) is 13.1 Å². The number of rotatable bonds is 4. The quantitative estimate of drug-likeness (QED) is 0.547. The summed E-state index contributed by atoms with van der Waals surface area (Å²) in [5, 5.41) is 18.4. The lowest BCUT2D eigenvalue weighted by atomic mass is 10.3. The molecule has 26 heavy (non-hydrogen) atoms. The molecule has 1 atom stereocenters. The van der Waals surface area contributed by atoms with Gasteiger partial charge in [0, 0.05) is 0 Å². The fraction of sp³-hybridized carbons (Fsp3) is 0.235. The number of aliphatic hydroxyl groups excluding tert-OH is 1. The molecule has 9 heteroatoms. The van der Waals surface area contributed by atoms with Crippen LogP contribution in [0.15, 0.2) is 48.5 Å². The van der Waals surface area contributed by atoms with Crippen LogP contribution < -0.4 is 4.57 Å². The van der Waals surface area contributed by atoms with E-state index in [4.69, 9.17) is 0 Å². The van der Waals surface area contributed by atoms with Gasteiger partial charge in [-0.2, -0.15) is 13.2 Å². The van der Waals surface area contributed by atoms with Crippen molar-refractivity contribution in [3.8, 4) is 0 Å². The smallest absolute Gasteiger partial charge is 0.387 e. The molecular formula is C17H15F3N5O+. The van der Waals surface area contributed by atoms with Crippen LogP contribution in [0.5, 0.6) is 0 Å². The molecule has 0 saturated heterocycles. The Kier molecular flexibility index (Phi) is 3.87. The van der Waals surface area contributed by atoms with Crippen LogP contribution in [0.25, 0.3) is 22.1 Å².